The first kappa shape index (κ1) is 24.7. The maximum absolute atomic E-state index is 13.6. The van der Waals surface area contributed by atoms with Crippen LogP contribution in [0.2, 0.25) is 0 Å². The van der Waals surface area contributed by atoms with Crippen LogP contribution >= 0.6 is 0 Å². The van der Waals surface area contributed by atoms with Gasteiger partial charge in [-0.1, -0.05) is 18.9 Å². The van der Waals surface area contributed by atoms with E-state index in [2.05, 4.69) is 28.8 Å². The average molecular weight is 484 g/mol. The number of ether oxygens (including phenoxy) is 1. The molecule has 1 aromatic carbocycles. The van der Waals surface area contributed by atoms with Gasteiger partial charge in [0.25, 0.3) is 0 Å². The van der Waals surface area contributed by atoms with E-state index >= 15 is 0 Å². The summed E-state index contributed by atoms with van der Waals surface area (Å²) < 4.78 is 35.0. The number of fused-ring (bicyclic) bond motifs is 1. The Bertz CT molecular complexity index is 1160. The molecule has 0 unspecified atom stereocenters. The molecular weight excluding hydrogens is 450 g/mol. The predicted octanol–water partition coefficient (Wildman–Crippen LogP) is 2.59. The molecule has 0 saturated heterocycles. The minimum absolute atomic E-state index is 0.0677. The normalized spacial score (nSPS) is 23.1. The molecule has 2 aliphatic rings. The van der Waals surface area contributed by atoms with Gasteiger partial charge >= 0.3 is 0 Å². The standard InChI is InChI=1S/C26H33N3O4S/c1-19-15-29(20(2)18-30)34(31,32)26-12-10-21(9-11-23-6-4-5-13-27-23)14-24(26)33-25(19)17-28(3)16-22-7-8-22/h4-6,10,12-14,19-20,22,25,30H,7-8,15-18H2,1-3H3/t19-,20+,25-/m1/s1. The first-order chi connectivity index (χ1) is 16.3. The fourth-order valence-corrected chi connectivity index (χ4v) is 6.04. The van der Waals surface area contributed by atoms with E-state index in [1.807, 2.05) is 25.1 Å². The van der Waals surface area contributed by atoms with Crippen molar-refractivity contribution < 1.29 is 18.3 Å². The lowest BCUT2D eigenvalue weighted by atomic mass is 10.0. The van der Waals surface area contributed by atoms with Gasteiger partial charge < -0.3 is 14.7 Å². The Labute approximate surface area is 202 Å². The van der Waals surface area contributed by atoms with Crippen molar-refractivity contribution in [2.75, 3.05) is 33.3 Å². The Morgan fingerprint density at radius 3 is 2.71 bits per heavy atom. The van der Waals surface area contributed by atoms with Gasteiger partial charge in [0, 0.05) is 43.4 Å². The van der Waals surface area contributed by atoms with E-state index in [1.165, 1.54) is 17.1 Å². The number of sulfonamides is 1. The Morgan fingerprint density at radius 1 is 1.24 bits per heavy atom. The van der Waals surface area contributed by atoms with E-state index in [9.17, 15) is 13.5 Å². The molecule has 34 heavy (non-hydrogen) atoms. The molecule has 1 aliphatic heterocycles. The summed E-state index contributed by atoms with van der Waals surface area (Å²) >= 11 is 0. The van der Waals surface area contributed by atoms with Gasteiger partial charge in [-0.3, -0.25) is 0 Å². The van der Waals surface area contributed by atoms with Gasteiger partial charge in [-0.15, -0.1) is 0 Å². The van der Waals surface area contributed by atoms with Gasteiger partial charge in [0.1, 0.15) is 22.4 Å². The Kier molecular flexibility index (Phi) is 7.58. The molecule has 1 aliphatic carbocycles. The molecule has 1 fully saturated rings. The molecule has 0 amide bonds. The number of aliphatic hydroxyl groups excluding tert-OH is 1. The molecule has 3 atom stereocenters. The zero-order valence-corrected chi connectivity index (χ0v) is 20.8. The number of aromatic nitrogens is 1. The molecule has 0 radical (unpaired) electrons. The number of pyridine rings is 1. The number of hydrogen-bond acceptors (Lipinski definition) is 6. The molecule has 4 rings (SSSR count). The molecule has 182 valence electrons. The summed E-state index contributed by atoms with van der Waals surface area (Å²) in [7, 11) is -1.77. The lowest BCUT2D eigenvalue weighted by molar-refractivity contribution is 0.0740. The van der Waals surface area contributed by atoms with Crippen LogP contribution in [0.15, 0.2) is 47.5 Å². The van der Waals surface area contributed by atoms with E-state index in [-0.39, 0.29) is 30.1 Å². The van der Waals surface area contributed by atoms with Gasteiger partial charge in [0.05, 0.1) is 6.61 Å². The van der Waals surface area contributed by atoms with Crippen molar-refractivity contribution in [2.24, 2.45) is 11.8 Å². The van der Waals surface area contributed by atoms with Crippen LogP contribution in [0.25, 0.3) is 0 Å². The van der Waals surface area contributed by atoms with Crippen molar-refractivity contribution >= 4 is 10.0 Å². The number of aliphatic hydroxyl groups is 1. The van der Waals surface area contributed by atoms with Gasteiger partial charge in [-0.2, -0.15) is 4.31 Å². The highest BCUT2D eigenvalue weighted by Crippen LogP contribution is 2.35. The summed E-state index contributed by atoms with van der Waals surface area (Å²) in [6.07, 6.45) is 4.02. The minimum Gasteiger partial charge on any atom is -0.487 e. The van der Waals surface area contributed by atoms with E-state index in [1.54, 1.807) is 31.3 Å². The van der Waals surface area contributed by atoms with Crippen LogP contribution in [-0.2, 0) is 10.0 Å². The van der Waals surface area contributed by atoms with Crippen LogP contribution in [0.1, 0.15) is 37.9 Å². The van der Waals surface area contributed by atoms with Gasteiger partial charge in [0.2, 0.25) is 10.0 Å². The van der Waals surface area contributed by atoms with Crippen LogP contribution in [-0.4, -0.2) is 73.1 Å². The van der Waals surface area contributed by atoms with Crippen LogP contribution in [0.4, 0.5) is 0 Å². The lowest BCUT2D eigenvalue weighted by Crippen LogP contribution is -2.49. The second kappa shape index (κ2) is 10.4. The van der Waals surface area contributed by atoms with Crippen molar-refractivity contribution in [1.29, 1.82) is 0 Å². The number of likely N-dealkylation sites (N-methyl/N-ethyl adjacent to an activating group) is 1. The third kappa shape index (κ3) is 5.78. The quantitative estimate of drug-likeness (QED) is 0.636. The highest BCUT2D eigenvalue weighted by Gasteiger charge is 2.38. The van der Waals surface area contributed by atoms with Gasteiger partial charge in [-0.25, -0.2) is 13.4 Å². The summed E-state index contributed by atoms with van der Waals surface area (Å²) in [5, 5.41) is 9.79. The fourth-order valence-electron chi connectivity index (χ4n) is 4.22. The SMILES string of the molecule is C[C@@H]1CN([C@@H](C)CO)S(=O)(=O)c2ccc(C#Cc3ccccn3)cc2O[C@@H]1CN(C)CC1CC1. The maximum Gasteiger partial charge on any atom is 0.247 e. The second-order valence-electron chi connectivity index (χ2n) is 9.53. The van der Waals surface area contributed by atoms with Crippen molar-refractivity contribution in [3.05, 3.63) is 53.9 Å². The number of hydrogen-bond donors (Lipinski definition) is 1. The van der Waals surface area contributed by atoms with Crippen LogP contribution in [0.5, 0.6) is 5.75 Å². The largest absolute Gasteiger partial charge is 0.487 e. The molecule has 0 bridgehead atoms. The molecule has 2 aromatic rings. The third-order valence-electron chi connectivity index (χ3n) is 6.43. The predicted molar refractivity (Wildman–Crippen MR) is 131 cm³/mol. The van der Waals surface area contributed by atoms with Crippen molar-refractivity contribution in [1.82, 2.24) is 14.2 Å². The minimum atomic E-state index is -3.86. The highest BCUT2D eigenvalue weighted by atomic mass is 32.2. The summed E-state index contributed by atoms with van der Waals surface area (Å²) in [4.78, 5) is 6.60. The van der Waals surface area contributed by atoms with Crippen molar-refractivity contribution in [3.8, 4) is 17.6 Å². The molecule has 1 N–H and O–H groups in total. The maximum atomic E-state index is 13.6. The van der Waals surface area contributed by atoms with Crippen LogP contribution in [0, 0.1) is 23.7 Å². The molecule has 7 nitrogen and oxygen atoms in total. The van der Waals surface area contributed by atoms with Gasteiger partial charge in [0.15, 0.2) is 0 Å². The number of rotatable bonds is 6. The third-order valence-corrected chi connectivity index (χ3v) is 8.44. The number of nitrogens with zero attached hydrogens (tertiary/aromatic N) is 3. The zero-order valence-electron chi connectivity index (χ0n) is 20.0. The monoisotopic (exact) mass is 483 g/mol. The molecular formula is C26H33N3O4S. The van der Waals surface area contributed by atoms with E-state index in [4.69, 9.17) is 4.74 Å². The zero-order chi connectivity index (χ0) is 24.3. The van der Waals surface area contributed by atoms with E-state index < -0.39 is 16.1 Å². The second-order valence-corrected chi connectivity index (χ2v) is 11.4. The number of benzene rings is 1. The van der Waals surface area contributed by atoms with Crippen molar-refractivity contribution in [3.63, 3.8) is 0 Å². The van der Waals surface area contributed by atoms with E-state index in [0.717, 1.165) is 12.5 Å². The summed E-state index contributed by atoms with van der Waals surface area (Å²) in [5.41, 5.74) is 1.29. The Hall–Kier alpha value is -2.44. The van der Waals surface area contributed by atoms with E-state index in [0.29, 0.717) is 23.6 Å². The Balaban J connectivity index is 1.71. The molecule has 0 spiro atoms. The van der Waals surface area contributed by atoms with Crippen LogP contribution < -0.4 is 4.74 Å². The first-order valence-corrected chi connectivity index (χ1v) is 13.3. The summed E-state index contributed by atoms with van der Waals surface area (Å²) in [5.74, 6) is 7.07. The molecule has 2 heterocycles. The topological polar surface area (TPSA) is 83.0 Å². The highest BCUT2D eigenvalue weighted by molar-refractivity contribution is 7.89. The first-order valence-electron chi connectivity index (χ1n) is 11.8. The lowest BCUT2D eigenvalue weighted by Gasteiger charge is -2.37. The average Bonchev–Trinajstić information content (AvgIpc) is 3.64. The summed E-state index contributed by atoms with van der Waals surface area (Å²) in [6, 6.07) is 9.94. The van der Waals surface area contributed by atoms with Crippen LogP contribution in [0.3, 0.4) is 0 Å². The summed E-state index contributed by atoms with van der Waals surface area (Å²) in [6.45, 7) is 5.49. The van der Waals surface area contributed by atoms with Gasteiger partial charge in [-0.05, 0) is 69.0 Å². The van der Waals surface area contributed by atoms with Crippen molar-refractivity contribution in [2.45, 2.75) is 43.7 Å². The smallest absolute Gasteiger partial charge is 0.247 e. The Morgan fingerprint density at radius 2 is 2.03 bits per heavy atom. The molecule has 1 aromatic heterocycles. The fraction of sp³-hybridized carbons (Fsp3) is 0.500. The molecule has 1 saturated carbocycles. The molecule has 8 heteroatoms.